The van der Waals surface area contributed by atoms with Crippen molar-refractivity contribution in [2.45, 2.75) is 0 Å². The first-order valence-corrected chi connectivity index (χ1v) is 2.29. The van der Waals surface area contributed by atoms with E-state index in [-0.39, 0.29) is 0 Å². The van der Waals surface area contributed by atoms with Crippen molar-refractivity contribution in [3.63, 3.8) is 0 Å². The average molecular weight is 211 g/mol. The first-order valence-electron chi connectivity index (χ1n) is 2.29. The van der Waals surface area contributed by atoms with E-state index in [4.69, 9.17) is 0 Å². The first kappa shape index (κ1) is 11.7. The summed E-state index contributed by atoms with van der Waals surface area (Å²) in [5.41, 5.74) is 0. The molecule has 1 radical (unpaired) electrons. The van der Waals surface area contributed by atoms with Crippen LogP contribution in [0.1, 0.15) is 0 Å². The lowest BCUT2D eigenvalue weighted by Gasteiger charge is -2.04. The van der Waals surface area contributed by atoms with Crippen LogP contribution in [0.25, 0.3) is 0 Å². The van der Waals surface area contributed by atoms with Crippen molar-refractivity contribution >= 4 is 0 Å². The third-order valence-corrected chi connectivity index (χ3v) is 0.728. The zero-order valence-electron chi connectivity index (χ0n) is 5.43. The standard InChI is InChI=1S/C3F5O5/c4-9-1(2(10-5)11-6)3(12-7)13-8. The highest BCUT2D eigenvalue weighted by Crippen LogP contribution is 2.24. The molecule has 0 unspecified atom stereocenters. The Morgan fingerprint density at radius 3 is 1.31 bits per heavy atom. The molecule has 0 aliphatic rings. The largest absolute Gasteiger partial charge is 0.413 e. The zero-order chi connectivity index (χ0) is 10.3. The molecule has 0 rings (SSSR count). The highest BCUT2D eigenvalue weighted by Gasteiger charge is 2.33. The van der Waals surface area contributed by atoms with Crippen LogP contribution >= 0.6 is 0 Å². The Morgan fingerprint density at radius 1 is 0.615 bits per heavy atom. The molecular formula is C3F5O5. The molecule has 0 spiro atoms. The Balaban J connectivity index is 4.69. The van der Waals surface area contributed by atoms with Crippen LogP contribution in [0, 0.1) is 6.29 Å². The number of hydrogen-bond donors (Lipinski definition) is 0. The predicted molar refractivity (Wildman–Crippen MR) is 21.2 cm³/mol. The van der Waals surface area contributed by atoms with E-state index in [1.54, 1.807) is 0 Å². The Labute approximate surface area is 66.7 Å². The van der Waals surface area contributed by atoms with Gasteiger partial charge in [0.05, 0.1) is 0 Å². The Kier molecular flexibility index (Phi) is 5.63. The number of halogens is 5. The second kappa shape index (κ2) is 6.25. The molecule has 0 aromatic carbocycles. The van der Waals surface area contributed by atoms with E-state index < -0.39 is 18.0 Å². The molecule has 0 heterocycles. The van der Waals surface area contributed by atoms with Gasteiger partial charge in [-0.25, -0.2) is 9.88 Å². The quantitative estimate of drug-likeness (QED) is 0.497. The average Bonchev–Trinajstić information content (AvgIpc) is 2.18. The van der Waals surface area contributed by atoms with Gasteiger partial charge in [0.2, 0.25) is 0 Å². The van der Waals surface area contributed by atoms with Gasteiger partial charge in [0.25, 0.3) is 0 Å². The lowest BCUT2D eigenvalue weighted by molar-refractivity contribution is -0.299. The van der Waals surface area contributed by atoms with Gasteiger partial charge in [0.1, 0.15) is 0 Å². The van der Waals surface area contributed by atoms with E-state index in [2.05, 4.69) is 24.7 Å². The summed E-state index contributed by atoms with van der Waals surface area (Å²) in [6.07, 6.45) is -1.99. The second-order valence-electron chi connectivity index (χ2n) is 1.29. The van der Waals surface area contributed by atoms with Gasteiger partial charge >= 0.3 is 18.0 Å². The van der Waals surface area contributed by atoms with Crippen molar-refractivity contribution in [1.29, 1.82) is 0 Å². The van der Waals surface area contributed by atoms with Gasteiger partial charge in [-0.3, -0.25) is 4.94 Å². The summed E-state index contributed by atoms with van der Waals surface area (Å²) in [7, 11) is 0. The van der Waals surface area contributed by atoms with E-state index in [0.717, 1.165) is 0 Å². The van der Waals surface area contributed by atoms with E-state index in [1.807, 2.05) is 0 Å². The van der Waals surface area contributed by atoms with Crippen LogP contribution in [-0.2, 0) is 24.7 Å². The minimum absolute atomic E-state index is 1.89. The van der Waals surface area contributed by atoms with E-state index >= 15 is 0 Å². The van der Waals surface area contributed by atoms with Gasteiger partial charge in [0.15, 0.2) is 0 Å². The molecule has 5 nitrogen and oxygen atoms in total. The SMILES string of the molecule is FO[C](OF)C(OF)=C(OF)OF. The second-order valence-corrected chi connectivity index (χ2v) is 1.29. The minimum atomic E-state index is -1.99. The molecule has 0 saturated heterocycles. The van der Waals surface area contributed by atoms with Crippen molar-refractivity contribution in [2.75, 3.05) is 0 Å². The van der Waals surface area contributed by atoms with Crippen LogP contribution in [0.3, 0.4) is 0 Å². The Bertz CT molecular complexity index is 164. The molecule has 0 atom stereocenters. The summed E-state index contributed by atoms with van der Waals surface area (Å²) >= 11 is 0. The van der Waals surface area contributed by atoms with Crippen molar-refractivity contribution in [2.24, 2.45) is 0 Å². The molecule has 0 aliphatic carbocycles. The molecule has 0 aromatic heterocycles. The molecule has 0 N–H and O–H groups in total. The fraction of sp³-hybridized carbons (Fsp3) is 0. The fourth-order valence-corrected chi connectivity index (χ4v) is 0.310. The predicted octanol–water partition coefficient (Wildman–Crippen LogP) is 2.15. The lowest BCUT2D eigenvalue weighted by Crippen LogP contribution is -2.07. The maximum absolute atomic E-state index is 11.3. The highest BCUT2D eigenvalue weighted by molar-refractivity contribution is 5.06. The maximum atomic E-state index is 11.3. The van der Waals surface area contributed by atoms with Crippen molar-refractivity contribution in [1.82, 2.24) is 0 Å². The van der Waals surface area contributed by atoms with Crippen molar-refractivity contribution in [3.05, 3.63) is 18.0 Å². The molecule has 0 fully saturated rings. The van der Waals surface area contributed by atoms with Gasteiger partial charge in [-0.2, -0.15) is 0 Å². The molecule has 77 valence electrons. The molecule has 0 aromatic rings. The first-order chi connectivity index (χ1) is 6.24. The van der Waals surface area contributed by atoms with E-state index in [0.29, 0.717) is 0 Å². The summed E-state index contributed by atoms with van der Waals surface area (Å²) < 4.78 is 56.1. The van der Waals surface area contributed by atoms with Gasteiger partial charge in [0, 0.05) is 13.6 Å². The normalized spacial score (nSPS) is 9.69. The molecule has 0 amide bonds. The van der Waals surface area contributed by atoms with Gasteiger partial charge in [-0.1, -0.05) is 0 Å². The lowest BCUT2D eigenvalue weighted by atomic mass is 10.5. The summed E-state index contributed by atoms with van der Waals surface area (Å²) in [5.74, 6) is -3.89. The van der Waals surface area contributed by atoms with Crippen LogP contribution in [0.5, 0.6) is 0 Å². The van der Waals surface area contributed by atoms with Gasteiger partial charge in [-0.05, 0) is 9.05 Å². The monoisotopic (exact) mass is 211 g/mol. The fourth-order valence-electron chi connectivity index (χ4n) is 0.310. The summed E-state index contributed by atoms with van der Waals surface area (Å²) in [5, 5.41) is 0. The number of rotatable bonds is 6. The van der Waals surface area contributed by atoms with Crippen molar-refractivity contribution < 1.29 is 47.3 Å². The van der Waals surface area contributed by atoms with Gasteiger partial charge < -0.3 is 0 Å². The van der Waals surface area contributed by atoms with Crippen LogP contribution < -0.4 is 0 Å². The van der Waals surface area contributed by atoms with Crippen LogP contribution in [-0.4, -0.2) is 0 Å². The van der Waals surface area contributed by atoms with Crippen LogP contribution in [0.15, 0.2) is 11.7 Å². The van der Waals surface area contributed by atoms with Crippen LogP contribution in [0.4, 0.5) is 22.6 Å². The van der Waals surface area contributed by atoms with Crippen molar-refractivity contribution in [3.8, 4) is 0 Å². The minimum Gasteiger partial charge on any atom is -0.284 e. The molecule has 0 aliphatic heterocycles. The maximum Gasteiger partial charge on any atom is 0.413 e. The zero-order valence-corrected chi connectivity index (χ0v) is 5.43. The van der Waals surface area contributed by atoms with E-state index in [1.165, 1.54) is 0 Å². The highest BCUT2D eigenvalue weighted by atomic mass is 19.3. The number of hydrogen-bond acceptors (Lipinski definition) is 5. The molecular weight excluding hydrogens is 211 g/mol. The van der Waals surface area contributed by atoms with E-state index in [9.17, 15) is 22.6 Å². The molecule has 0 saturated carbocycles. The smallest absolute Gasteiger partial charge is 0.284 e. The third-order valence-electron chi connectivity index (χ3n) is 0.728. The van der Waals surface area contributed by atoms with Gasteiger partial charge in [-0.15, -0.1) is 9.88 Å². The third kappa shape index (κ3) is 2.91. The summed E-state index contributed by atoms with van der Waals surface area (Å²) in [4.78, 5) is 12.3. The molecule has 0 bridgehead atoms. The Hall–Kier alpha value is -1.29. The summed E-state index contributed by atoms with van der Waals surface area (Å²) in [6, 6.07) is 0. The van der Waals surface area contributed by atoms with Crippen LogP contribution in [0.2, 0.25) is 0 Å². The topological polar surface area (TPSA) is 46.2 Å². The Morgan fingerprint density at radius 2 is 1.08 bits per heavy atom. The molecule has 13 heavy (non-hydrogen) atoms. The summed E-state index contributed by atoms with van der Waals surface area (Å²) in [6.45, 7) is 0. The molecule has 10 heteroatoms.